The van der Waals surface area contributed by atoms with Crippen molar-refractivity contribution in [1.29, 1.82) is 0 Å². The lowest BCUT2D eigenvalue weighted by Crippen LogP contribution is -2.28. The fourth-order valence-electron chi connectivity index (χ4n) is 3.72. The molecule has 5 rings (SSSR count). The number of hydrogen-bond acceptors (Lipinski definition) is 7. The lowest BCUT2D eigenvalue weighted by Gasteiger charge is -2.22. The molecule has 0 saturated carbocycles. The molecule has 1 unspecified atom stereocenters. The number of hydrogen-bond donors (Lipinski definition) is 3. The van der Waals surface area contributed by atoms with Crippen LogP contribution in [0.4, 0.5) is 11.5 Å². The van der Waals surface area contributed by atoms with E-state index < -0.39 is 0 Å². The van der Waals surface area contributed by atoms with E-state index >= 15 is 0 Å². The summed E-state index contributed by atoms with van der Waals surface area (Å²) in [5.74, 6) is 1.17. The zero-order valence-electron chi connectivity index (χ0n) is 16.8. The van der Waals surface area contributed by atoms with Crippen molar-refractivity contribution in [3.63, 3.8) is 0 Å². The minimum Gasteiger partial charge on any atom is -0.398 e. The highest BCUT2D eigenvalue weighted by molar-refractivity contribution is 5.89. The van der Waals surface area contributed by atoms with Crippen LogP contribution in [-0.2, 0) is 0 Å². The number of nitrogens with two attached hydrogens (primary N) is 1. The van der Waals surface area contributed by atoms with Crippen LogP contribution in [0.25, 0.3) is 27.8 Å². The van der Waals surface area contributed by atoms with Crippen LogP contribution in [0.1, 0.15) is 25.2 Å². The molecule has 0 spiro atoms. The maximum Gasteiger partial charge on any atom is 0.268 e. The Morgan fingerprint density at radius 2 is 1.94 bits per heavy atom. The van der Waals surface area contributed by atoms with Crippen molar-refractivity contribution < 1.29 is 0 Å². The van der Waals surface area contributed by atoms with Gasteiger partial charge in [-0.15, -0.1) is 0 Å². The van der Waals surface area contributed by atoms with Crippen molar-refractivity contribution in [2.45, 2.75) is 19.4 Å². The second-order valence-electron chi connectivity index (χ2n) is 7.12. The number of benzene rings is 2. The molecule has 0 aliphatic rings. The first-order valence-electron chi connectivity index (χ1n) is 9.94. The summed E-state index contributed by atoms with van der Waals surface area (Å²) in [5, 5.41) is 3.82. The number of aromatic amines is 1. The molecule has 0 bridgehead atoms. The molecule has 0 aliphatic carbocycles. The molecule has 9 nitrogen and oxygen atoms in total. The second kappa shape index (κ2) is 7.52. The van der Waals surface area contributed by atoms with E-state index in [1.807, 2.05) is 37.3 Å². The molecule has 3 aromatic heterocycles. The first kappa shape index (κ1) is 18.7. The Hall–Kier alpha value is -4.27. The van der Waals surface area contributed by atoms with Gasteiger partial charge < -0.3 is 16.0 Å². The van der Waals surface area contributed by atoms with Gasteiger partial charge in [0.05, 0.1) is 29.0 Å². The average Bonchev–Trinajstić information content (AvgIpc) is 3.27. The maximum absolute atomic E-state index is 13.6. The van der Waals surface area contributed by atoms with E-state index in [9.17, 15) is 4.79 Å². The summed E-state index contributed by atoms with van der Waals surface area (Å²) in [6.45, 7) is 2.02. The summed E-state index contributed by atoms with van der Waals surface area (Å²) >= 11 is 0. The van der Waals surface area contributed by atoms with Gasteiger partial charge in [0.25, 0.3) is 5.56 Å². The predicted molar refractivity (Wildman–Crippen MR) is 120 cm³/mol. The first-order valence-corrected chi connectivity index (χ1v) is 9.94. The van der Waals surface area contributed by atoms with Crippen LogP contribution in [-0.4, -0.2) is 29.5 Å². The summed E-state index contributed by atoms with van der Waals surface area (Å²) in [6.07, 6.45) is 3.69. The molecule has 154 valence electrons. The van der Waals surface area contributed by atoms with Gasteiger partial charge in [-0.05, 0) is 30.7 Å². The SMILES string of the molecule is CCC(Nc1ncnc2nc[nH]c12)c1nc2cccc(N)c2c(=O)n1-c1ccccc1. The third kappa shape index (κ3) is 3.16. The van der Waals surface area contributed by atoms with Gasteiger partial charge in [-0.2, -0.15) is 0 Å². The van der Waals surface area contributed by atoms with Gasteiger partial charge in [0.2, 0.25) is 0 Å². The van der Waals surface area contributed by atoms with Crippen LogP contribution in [0.5, 0.6) is 0 Å². The summed E-state index contributed by atoms with van der Waals surface area (Å²) in [5.41, 5.74) is 8.87. The van der Waals surface area contributed by atoms with Gasteiger partial charge >= 0.3 is 0 Å². The van der Waals surface area contributed by atoms with Crippen LogP contribution in [0.3, 0.4) is 0 Å². The lowest BCUT2D eigenvalue weighted by atomic mass is 10.1. The quantitative estimate of drug-likeness (QED) is 0.378. The summed E-state index contributed by atoms with van der Waals surface area (Å²) < 4.78 is 1.62. The number of para-hydroxylation sites is 1. The van der Waals surface area contributed by atoms with E-state index in [4.69, 9.17) is 10.7 Å². The van der Waals surface area contributed by atoms with Crippen molar-refractivity contribution in [2.75, 3.05) is 11.1 Å². The van der Waals surface area contributed by atoms with Gasteiger partial charge in [0, 0.05) is 5.69 Å². The fourth-order valence-corrected chi connectivity index (χ4v) is 3.72. The van der Waals surface area contributed by atoms with E-state index in [1.165, 1.54) is 6.33 Å². The molecule has 4 N–H and O–H groups in total. The Morgan fingerprint density at radius 3 is 2.74 bits per heavy atom. The van der Waals surface area contributed by atoms with Crippen molar-refractivity contribution in [1.82, 2.24) is 29.5 Å². The molecular formula is C22H20N8O. The van der Waals surface area contributed by atoms with Gasteiger partial charge in [-0.3, -0.25) is 9.36 Å². The highest BCUT2D eigenvalue weighted by Crippen LogP contribution is 2.26. The molecule has 0 radical (unpaired) electrons. The van der Waals surface area contributed by atoms with Crippen molar-refractivity contribution in [2.24, 2.45) is 0 Å². The van der Waals surface area contributed by atoms with Crippen LogP contribution < -0.4 is 16.6 Å². The molecule has 0 amide bonds. The summed E-state index contributed by atoms with van der Waals surface area (Å²) in [4.78, 5) is 34.2. The molecule has 1 atom stereocenters. The monoisotopic (exact) mass is 412 g/mol. The van der Waals surface area contributed by atoms with E-state index in [-0.39, 0.29) is 11.6 Å². The van der Waals surface area contributed by atoms with Crippen LogP contribution >= 0.6 is 0 Å². The summed E-state index contributed by atoms with van der Waals surface area (Å²) in [7, 11) is 0. The number of nitrogen functional groups attached to an aromatic ring is 1. The molecule has 2 aromatic carbocycles. The number of nitrogens with zero attached hydrogens (tertiary/aromatic N) is 5. The van der Waals surface area contributed by atoms with E-state index in [0.717, 1.165) is 5.69 Å². The lowest BCUT2D eigenvalue weighted by molar-refractivity contribution is 0.659. The smallest absolute Gasteiger partial charge is 0.268 e. The van der Waals surface area contributed by atoms with Gasteiger partial charge in [0.1, 0.15) is 17.7 Å². The largest absolute Gasteiger partial charge is 0.398 e. The average molecular weight is 412 g/mol. The standard InChI is InChI=1S/C22H20N8O/c1-2-15(28-20-18-19(25-11-24-18)26-12-27-20)21-29-16-10-6-9-14(23)17(16)22(31)30(21)13-7-4-3-5-8-13/h3-12,15H,2,23H2,1H3,(H2,24,25,26,27,28). The normalized spacial score (nSPS) is 12.3. The molecule has 9 heteroatoms. The van der Waals surface area contributed by atoms with Crippen molar-refractivity contribution in [3.05, 3.63) is 77.4 Å². The van der Waals surface area contributed by atoms with Crippen LogP contribution in [0, 0.1) is 0 Å². The molecule has 31 heavy (non-hydrogen) atoms. The molecule has 0 aliphatic heterocycles. The Bertz CT molecular complexity index is 1440. The molecule has 0 saturated heterocycles. The van der Waals surface area contributed by atoms with Crippen molar-refractivity contribution >= 4 is 33.6 Å². The Balaban J connectivity index is 1.74. The molecule has 5 aromatic rings. The van der Waals surface area contributed by atoms with Gasteiger partial charge in [0.15, 0.2) is 11.5 Å². The van der Waals surface area contributed by atoms with Crippen LogP contribution in [0.2, 0.25) is 0 Å². The number of H-pyrrole nitrogens is 1. The van der Waals surface area contributed by atoms with Gasteiger partial charge in [-0.25, -0.2) is 19.9 Å². The minimum atomic E-state index is -0.305. The van der Waals surface area contributed by atoms with Crippen molar-refractivity contribution in [3.8, 4) is 5.69 Å². The second-order valence-corrected chi connectivity index (χ2v) is 7.12. The number of aromatic nitrogens is 6. The number of nitrogens with one attached hydrogen (secondary N) is 2. The maximum atomic E-state index is 13.6. The highest BCUT2D eigenvalue weighted by atomic mass is 16.1. The number of imidazole rings is 1. The number of fused-ring (bicyclic) bond motifs is 2. The number of anilines is 2. The zero-order valence-corrected chi connectivity index (χ0v) is 16.8. The number of rotatable bonds is 5. The van der Waals surface area contributed by atoms with E-state index in [2.05, 4.69) is 25.3 Å². The Labute approximate surface area is 177 Å². The zero-order chi connectivity index (χ0) is 21.4. The van der Waals surface area contributed by atoms with Crippen LogP contribution in [0.15, 0.2) is 66.0 Å². The topological polar surface area (TPSA) is 127 Å². The van der Waals surface area contributed by atoms with Gasteiger partial charge in [-0.1, -0.05) is 31.2 Å². The third-order valence-electron chi connectivity index (χ3n) is 5.22. The minimum absolute atomic E-state index is 0.209. The third-order valence-corrected chi connectivity index (χ3v) is 5.22. The Morgan fingerprint density at radius 1 is 1.10 bits per heavy atom. The van der Waals surface area contributed by atoms with E-state index in [1.54, 1.807) is 29.1 Å². The molecule has 0 fully saturated rings. The molecular weight excluding hydrogens is 392 g/mol. The Kier molecular flexibility index (Phi) is 4.55. The molecule has 3 heterocycles. The highest BCUT2D eigenvalue weighted by Gasteiger charge is 2.22. The summed E-state index contributed by atoms with van der Waals surface area (Å²) in [6, 6.07) is 14.4. The first-order chi connectivity index (χ1) is 15.2. The fraction of sp³-hybridized carbons (Fsp3) is 0.136. The van der Waals surface area contributed by atoms with E-state index in [0.29, 0.717) is 45.8 Å². The predicted octanol–water partition coefficient (Wildman–Crippen LogP) is 3.20.